The van der Waals surface area contributed by atoms with Gasteiger partial charge in [-0.05, 0) is 38.5 Å². The van der Waals surface area contributed by atoms with Crippen LogP contribution in [0.2, 0.25) is 0 Å². The van der Waals surface area contributed by atoms with Gasteiger partial charge in [0.1, 0.15) is 5.54 Å². The first kappa shape index (κ1) is 15.8. The minimum Gasteiger partial charge on any atom is -0.480 e. The van der Waals surface area contributed by atoms with Crippen LogP contribution in [-0.4, -0.2) is 28.7 Å². The standard InChI is InChI=1S/C14H26N2O3/c1-10(2)6-7-11(3)15-13(19)16-14(12(17)18)8-4-5-9-14/h10-11H,4-9H2,1-3H3,(H,17,18)(H2,15,16,19). The van der Waals surface area contributed by atoms with Gasteiger partial charge in [-0.3, -0.25) is 0 Å². The Balaban J connectivity index is 2.43. The molecular weight excluding hydrogens is 244 g/mol. The number of carboxylic acid groups (broad SMARTS) is 1. The van der Waals surface area contributed by atoms with Gasteiger partial charge in [-0.25, -0.2) is 9.59 Å². The van der Waals surface area contributed by atoms with E-state index in [4.69, 9.17) is 0 Å². The third-order valence-electron chi connectivity index (χ3n) is 3.77. The Hall–Kier alpha value is -1.26. The van der Waals surface area contributed by atoms with E-state index in [2.05, 4.69) is 24.5 Å². The Morgan fingerprint density at radius 2 is 1.74 bits per heavy atom. The van der Waals surface area contributed by atoms with Crippen molar-refractivity contribution in [2.75, 3.05) is 0 Å². The fourth-order valence-electron chi connectivity index (χ4n) is 2.50. The molecule has 3 N–H and O–H groups in total. The Labute approximate surface area is 115 Å². The van der Waals surface area contributed by atoms with Gasteiger partial charge in [-0.15, -0.1) is 0 Å². The maximum atomic E-state index is 11.9. The Morgan fingerprint density at radius 3 is 2.21 bits per heavy atom. The van der Waals surface area contributed by atoms with Crippen LogP contribution in [0, 0.1) is 5.92 Å². The van der Waals surface area contributed by atoms with E-state index < -0.39 is 11.5 Å². The highest BCUT2D eigenvalue weighted by molar-refractivity contribution is 5.86. The molecule has 1 aliphatic carbocycles. The van der Waals surface area contributed by atoms with E-state index in [1.165, 1.54) is 0 Å². The second kappa shape index (κ2) is 6.78. The highest BCUT2D eigenvalue weighted by atomic mass is 16.4. The molecule has 5 nitrogen and oxygen atoms in total. The van der Waals surface area contributed by atoms with Gasteiger partial charge in [-0.2, -0.15) is 0 Å². The van der Waals surface area contributed by atoms with Gasteiger partial charge in [0.15, 0.2) is 0 Å². The first-order valence-corrected chi connectivity index (χ1v) is 7.18. The second-order valence-corrected chi connectivity index (χ2v) is 6.07. The summed E-state index contributed by atoms with van der Waals surface area (Å²) in [6, 6.07) is -0.296. The molecule has 0 aromatic carbocycles. The topological polar surface area (TPSA) is 78.4 Å². The zero-order chi connectivity index (χ0) is 14.5. The van der Waals surface area contributed by atoms with Gasteiger partial charge in [0.2, 0.25) is 0 Å². The molecule has 0 radical (unpaired) electrons. The van der Waals surface area contributed by atoms with Crippen LogP contribution in [0.5, 0.6) is 0 Å². The maximum absolute atomic E-state index is 11.9. The van der Waals surface area contributed by atoms with Crippen LogP contribution in [0.3, 0.4) is 0 Å². The van der Waals surface area contributed by atoms with Crippen LogP contribution in [0.25, 0.3) is 0 Å². The maximum Gasteiger partial charge on any atom is 0.329 e. The van der Waals surface area contributed by atoms with E-state index in [0.717, 1.165) is 25.7 Å². The van der Waals surface area contributed by atoms with Crippen molar-refractivity contribution in [1.29, 1.82) is 0 Å². The average molecular weight is 270 g/mol. The zero-order valence-electron chi connectivity index (χ0n) is 12.2. The van der Waals surface area contributed by atoms with Crippen molar-refractivity contribution in [3.63, 3.8) is 0 Å². The first-order chi connectivity index (χ1) is 8.85. The second-order valence-electron chi connectivity index (χ2n) is 6.07. The quantitative estimate of drug-likeness (QED) is 0.694. The molecule has 0 bridgehead atoms. The van der Waals surface area contributed by atoms with Gasteiger partial charge < -0.3 is 15.7 Å². The van der Waals surface area contributed by atoms with Gasteiger partial charge in [0, 0.05) is 6.04 Å². The number of carbonyl (C=O) groups is 2. The number of aliphatic carboxylic acids is 1. The summed E-state index contributed by atoms with van der Waals surface area (Å²) >= 11 is 0. The van der Waals surface area contributed by atoms with Crippen molar-refractivity contribution in [3.05, 3.63) is 0 Å². The molecule has 2 amide bonds. The lowest BCUT2D eigenvalue weighted by atomic mass is 9.98. The van der Waals surface area contributed by atoms with Crippen molar-refractivity contribution < 1.29 is 14.7 Å². The molecule has 0 aromatic rings. The number of urea groups is 1. The van der Waals surface area contributed by atoms with Crippen molar-refractivity contribution in [1.82, 2.24) is 10.6 Å². The highest BCUT2D eigenvalue weighted by Gasteiger charge is 2.42. The minimum atomic E-state index is -1.05. The van der Waals surface area contributed by atoms with Gasteiger partial charge in [0.05, 0.1) is 0 Å². The Kier molecular flexibility index (Phi) is 5.63. The molecule has 0 aromatic heterocycles. The molecule has 1 fully saturated rings. The van der Waals surface area contributed by atoms with Gasteiger partial charge >= 0.3 is 12.0 Å². The number of nitrogens with one attached hydrogen (secondary N) is 2. The third-order valence-corrected chi connectivity index (χ3v) is 3.77. The van der Waals surface area contributed by atoms with Crippen LogP contribution in [0.4, 0.5) is 4.79 Å². The number of rotatable bonds is 6. The zero-order valence-corrected chi connectivity index (χ0v) is 12.2. The fourth-order valence-corrected chi connectivity index (χ4v) is 2.50. The van der Waals surface area contributed by atoms with Crippen LogP contribution in [0.1, 0.15) is 59.3 Å². The van der Waals surface area contributed by atoms with Crippen LogP contribution < -0.4 is 10.6 Å². The normalized spacial score (nSPS) is 19.2. The monoisotopic (exact) mass is 270 g/mol. The summed E-state index contributed by atoms with van der Waals surface area (Å²) in [6.45, 7) is 6.24. The summed E-state index contributed by atoms with van der Waals surface area (Å²) in [5.74, 6) is -0.317. The Morgan fingerprint density at radius 1 is 1.16 bits per heavy atom. The molecule has 1 saturated carbocycles. The number of amides is 2. The lowest BCUT2D eigenvalue weighted by molar-refractivity contribution is -0.144. The summed E-state index contributed by atoms with van der Waals surface area (Å²) in [5.41, 5.74) is -1.05. The molecule has 1 rings (SSSR count). The predicted octanol–water partition coefficient (Wildman–Crippen LogP) is 2.51. The molecule has 0 saturated heterocycles. The molecule has 0 aliphatic heterocycles. The first-order valence-electron chi connectivity index (χ1n) is 7.18. The van der Waals surface area contributed by atoms with Gasteiger partial charge in [-0.1, -0.05) is 26.7 Å². The van der Waals surface area contributed by atoms with E-state index in [9.17, 15) is 14.7 Å². The summed E-state index contributed by atoms with van der Waals surface area (Å²) in [7, 11) is 0. The number of carbonyl (C=O) groups excluding carboxylic acids is 1. The van der Waals surface area contributed by atoms with E-state index in [1.807, 2.05) is 6.92 Å². The molecule has 1 aliphatic rings. The van der Waals surface area contributed by atoms with Gasteiger partial charge in [0.25, 0.3) is 0 Å². The largest absolute Gasteiger partial charge is 0.480 e. The van der Waals surface area contributed by atoms with Crippen LogP contribution in [0.15, 0.2) is 0 Å². The average Bonchev–Trinajstić information content (AvgIpc) is 2.76. The van der Waals surface area contributed by atoms with E-state index in [-0.39, 0.29) is 12.1 Å². The Bertz CT molecular complexity index is 323. The molecule has 0 heterocycles. The smallest absolute Gasteiger partial charge is 0.329 e. The summed E-state index contributed by atoms with van der Waals surface area (Å²) < 4.78 is 0. The predicted molar refractivity (Wildman–Crippen MR) is 74.0 cm³/mol. The van der Waals surface area contributed by atoms with Crippen LogP contribution in [-0.2, 0) is 4.79 Å². The van der Waals surface area contributed by atoms with Crippen molar-refractivity contribution in [3.8, 4) is 0 Å². The fraction of sp³-hybridized carbons (Fsp3) is 0.857. The lowest BCUT2D eigenvalue weighted by Gasteiger charge is -2.26. The van der Waals surface area contributed by atoms with Crippen molar-refractivity contribution in [2.45, 2.75) is 70.9 Å². The molecule has 1 unspecified atom stereocenters. The summed E-state index contributed by atoms with van der Waals surface area (Å²) in [6.07, 6.45) is 4.72. The molecule has 19 heavy (non-hydrogen) atoms. The SMILES string of the molecule is CC(C)CCC(C)NC(=O)NC1(C(=O)O)CCCC1. The summed E-state index contributed by atoms with van der Waals surface area (Å²) in [5, 5.41) is 14.8. The highest BCUT2D eigenvalue weighted by Crippen LogP contribution is 2.29. The van der Waals surface area contributed by atoms with E-state index >= 15 is 0 Å². The van der Waals surface area contributed by atoms with Crippen molar-refractivity contribution in [2.24, 2.45) is 5.92 Å². The third kappa shape index (κ3) is 4.73. The summed E-state index contributed by atoms with van der Waals surface area (Å²) in [4.78, 5) is 23.2. The van der Waals surface area contributed by atoms with E-state index in [0.29, 0.717) is 18.8 Å². The molecular formula is C14H26N2O3. The van der Waals surface area contributed by atoms with Crippen LogP contribution >= 0.6 is 0 Å². The molecule has 0 spiro atoms. The number of carboxylic acids is 1. The molecule has 5 heteroatoms. The number of hydrogen-bond donors (Lipinski definition) is 3. The molecule has 110 valence electrons. The number of hydrogen-bond acceptors (Lipinski definition) is 2. The van der Waals surface area contributed by atoms with E-state index in [1.54, 1.807) is 0 Å². The lowest BCUT2D eigenvalue weighted by Crippen LogP contribution is -2.56. The molecule has 1 atom stereocenters. The van der Waals surface area contributed by atoms with Crippen molar-refractivity contribution >= 4 is 12.0 Å². The minimum absolute atomic E-state index is 0.0645.